The number of aromatic nitrogens is 1. The van der Waals surface area contributed by atoms with Gasteiger partial charge in [-0.1, -0.05) is 38.1 Å². The lowest BCUT2D eigenvalue weighted by molar-refractivity contribution is -0.633. The fourth-order valence-electron chi connectivity index (χ4n) is 4.25. The monoisotopic (exact) mass is 344 g/mol. The molecule has 2 aromatic carbocycles. The fraction of sp³-hybridized carbons (Fsp3) is 0.261. The predicted molar refractivity (Wildman–Crippen MR) is 104 cm³/mol. The molecule has 3 heteroatoms. The summed E-state index contributed by atoms with van der Waals surface area (Å²) >= 11 is 0. The number of rotatable bonds is 2. The van der Waals surface area contributed by atoms with Gasteiger partial charge in [-0.25, -0.2) is 0 Å². The second-order valence-electron chi connectivity index (χ2n) is 7.66. The van der Waals surface area contributed by atoms with Crippen molar-refractivity contribution in [2.45, 2.75) is 27.2 Å². The third-order valence-corrected chi connectivity index (χ3v) is 5.38. The molecule has 4 aromatic rings. The van der Waals surface area contributed by atoms with E-state index in [1.165, 1.54) is 27.5 Å². The van der Waals surface area contributed by atoms with Crippen molar-refractivity contribution in [1.29, 1.82) is 0 Å². The van der Waals surface area contributed by atoms with Crippen LogP contribution in [-0.2, 0) is 13.5 Å². The van der Waals surface area contributed by atoms with Gasteiger partial charge in [0.2, 0.25) is 11.3 Å². The standard InChI is InChI=1S/C23H22NO2/c1-13(2)12-16-22-17(10-11-25-22)24(4)21-19-14(3)8-9-15-6-5-7-18(20(15)19)26-23(16)21/h5-11,13H,12H2,1-4H3/q+1. The first-order valence-corrected chi connectivity index (χ1v) is 9.19. The first kappa shape index (κ1) is 15.4. The van der Waals surface area contributed by atoms with Crippen LogP contribution in [0.3, 0.4) is 0 Å². The molecular formula is C23H22NO2+. The molecule has 0 saturated carbocycles. The zero-order valence-electron chi connectivity index (χ0n) is 15.6. The van der Waals surface area contributed by atoms with Crippen LogP contribution in [0.4, 0.5) is 0 Å². The second-order valence-corrected chi connectivity index (χ2v) is 7.66. The van der Waals surface area contributed by atoms with Crippen molar-refractivity contribution in [3.05, 3.63) is 53.8 Å². The maximum Gasteiger partial charge on any atom is 0.257 e. The molecule has 5 rings (SSSR count). The Kier molecular flexibility index (Phi) is 3.17. The Morgan fingerprint density at radius 1 is 1.08 bits per heavy atom. The highest BCUT2D eigenvalue weighted by atomic mass is 16.5. The number of benzene rings is 2. The van der Waals surface area contributed by atoms with E-state index >= 15 is 0 Å². The molecule has 3 heterocycles. The van der Waals surface area contributed by atoms with Crippen molar-refractivity contribution >= 4 is 21.9 Å². The molecule has 130 valence electrons. The first-order chi connectivity index (χ1) is 12.6. The van der Waals surface area contributed by atoms with E-state index in [-0.39, 0.29) is 0 Å². The van der Waals surface area contributed by atoms with Gasteiger partial charge in [-0.3, -0.25) is 0 Å². The molecule has 0 fully saturated rings. The minimum absolute atomic E-state index is 0.512. The molecule has 3 nitrogen and oxygen atoms in total. The van der Waals surface area contributed by atoms with Gasteiger partial charge in [0.15, 0.2) is 0 Å². The zero-order valence-corrected chi connectivity index (χ0v) is 15.6. The zero-order chi connectivity index (χ0) is 18.0. The Morgan fingerprint density at radius 2 is 1.92 bits per heavy atom. The third kappa shape index (κ3) is 1.97. The van der Waals surface area contributed by atoms with Crippen LogP contribution in [0, 0.1) is 12.8 Å². The van der Waals surface area contributed by atoms with E-state index < -0.39 is 0 Å². The van der Waals surface area contributed by atoms with Gasteiger partial charge in [0, 0.05) is 11.5 Å². The van der Waals surface area contributed by atoms with Crippen LogP contribution in [0.1, 0.15) is 25.0 Å². The molecule has 0 bridgehead atoms. The van der Waals surface area contributed by atoms with E-state index in [2.05, 4.69) is 68.8 Å². The van der Waals surface area contributed by atoms with Gasteiger partial charge in [0.25, 0.3) is 11.2 Å². The normalized spacial score (nSPS) is 12.7. The molecule has 26 heavy (non-hydrogen) atoms. The summed E-state index contributed by atoms with van der Waals surface area (Å²) in [5.41, 5.74) is 6.90. The Bertz CT molecular complexity index is 1180. The molecule has 2 aromatic heterocycles. The molecule has 0 saturated heterocycles. The van der Waals surface area contributed by atoms with Gasteiger partial charge < -0.3 is 9.15 Å². The number of furan rings is 1. The largest absolute Gasteiger partial charge is 0.457 e. The SMILES string of the molecule is Cc1ccc2cccc3c2c1-c1c(c(CC(C)C)c2occc2[n+]1C)O3. The molecular weight excluding hydrogens is 322 g/mol. The summed E-state index contributed by atoms with van der Waals surface area (Å²) in [4.78, 5) is 0. The number of nitrogens with zero attached hydrogens (tertiary/aromatic N) is 1. The Morgan fingerprint density at radius 3 is 2.73 bits per heavy atom. The van der Waals surface area contributed by atoms with E-state index in [1.807, 2.05) is 0 Å². The molecule has 1 aliphatic rings. The van der Waals surface area contributed by atoms with Crippen molar-refractivity contribution < 1.29 is 13.7 Å². The van der Waals surface area contributed by atoms with Crippen LogP contribution < -0.4 is 9.30 Å². The summed E-state index contributed by atoms with van der Waals surface area (Å²) in [6.07, 6.45) is 2.70. The lowest BCUT2D eigenvalue weighted by Gasteiger charge is -2.23. The number of ether oxygens (including phenoxy) is 1. The summed E-state index contributed by atoms with van der Waals surface area (Å²) in [5, 5.41) is 2.42. The number of pyridine rings is 1. The summed E-state index contributed by atoms with van der Waals surface area (Å²) in [6.45, 7) is 6.65. The maximum absolute atomic E-state index is 6.51. The van der Waals surface area contributed by atoms with E-state index in [9.17, 15) is 0 Å². The predicted octanol–water partition coefficient (Wildman–Crippen LogP) is 5.69. The van der Waals surface area contributed by atoms with Gasteiger partial charge in [-0.05, 0) is 36.3 Å². The van der Waals surface area contributed by atoms with Crippen LogP contribution >= 0.6 is 0 Å². The topological polar surface area (TPSA) is 26.2 Å². The fourth-order valence-corrected chi connectivity index (χ4v) is 4.25. The van der Waals surface area contributed by atoms with Gasteiger partial charge in [-0.2, -0.15) is 4.57 Å². The molecule has 0 unspecified atom stereocenters. The second kappa shape index (κ2) is 5.34. The molecule has 0 radical (unpaired) electrons. The maximum atomic E-state index is 6.51. The summed E-state index contributed by atoms with van der Waals surface area (Å²) in [7, 11) is 2.10. The molecule has 0 N–H and O–H groups in total. The van der Waals surface area contributed by atoms with Crippen LogP contribution in [0.25, 0.3) is 33.1 Å². The highest BCUT2D eigenvalue weighted by molar-refractivity contribution is 6.04. The Labute approximate surface area is 152 Å². The van der Waals surface area contributed by atoms with Crippen LogP contribution in [-0.4, -0.2) is 0 Å². The molecule has 0 amide bonds. The highest BCUT2D eigenvalue weighted by Gasteiger charge is 2.35. The average Bonchev–Trinajstić information content (AvgIpc) is 3.10. The lowest BCUT2D eigenvalue weighted by atomic mass is 9.91. The molecule has 0 atom stereocenters. The van der Waals surface area contributed by atoms with Crippen LogP contribution in [0.5, 0.6) is 11.5 Å². The van der Waals surface area contributed by atoms with E-state index in [0.717, 1.165) is 34.7 Å². The first-order valence-electron chi connectivity index (χ1n) is 9.19. The van der Waals surface area contributed by atoms with Gasteiger partial charge in [0.1, 0.15) is 12.8 Å². The van der Waals surface area contributed by atoms with Crippen molar-refractivity contribution in [2.75, 3.05) is 0 Å². The van der Waals surface area contributed by atoms with Crippen molar-refractivity contribution in [3.63, 3.8) is 0 Å². The number of fused-ring (bicyclic) bond motifs is 3. The minimum Gasteiger partial charge on any atom is -0.457 e. The van der Waals surface area contributed by atoms with Crippen molar-refractivity contribution in [1.82, 2.24) is 0 Å². The Hall–Kier alpha value is -2.81. The Balaban J connectivity index is 1.99. The van der Waals surface area contributed by atoms with Crippen molar-refractivity contribution in [3.8, 4) is 22.8 Å². The summed E-state index contributed by atoms with van der Waals surface area (Å²) in [5.74, 6) is 2.39. The minimum atomic E-state index is 0.512. The highest BCUT2D eigenvalue weighted by Crippen LogP contribution is 2.49. The number of hydrogen-bond donors (Lipinski definition) is 0. The third-order valence-electron chi connectivity index (χ3n) is 5.38. The molecule has 0 aliphatic carbocycles. The molecule has 0 spiro atoms. The quantitative estimate of drug-likeness (QED) is 0.385. The number of aryl methyl sites for hydroxylation is 2. The summed E-state index contributed by atoms with van der Waals surface area (Å²) in [6, 6.07) is 12.7. The van der Waals surface area contributed by atoms with E-state index in [1.54, 1.807) is 6.26 Å². The van der Waals surface area contributed by atoms with Gasteiger partial charge >= 0.3 is 0 Å². The molecule has 1 aliphatic heterocycles. The van der Waals surface area contributed by atoms with Crippen LogP contribution in [0.15, 0.2) is 47.1 Å². The van der Waals surface area contributed by atoms with Gasteiger partial charge in [0.05, 0.1) is 17.4 Å². The average molecular weight is 344 g/mol. The van der Waals surface area contributed by atoms with Crippen LogP contribution in [0.2, 0.25) is 0 Å². The van der Waals surface area contributed by atoms with Crippen molar-refractivity contribution in [2.24, 2.45) is 13.0 Å². The van der Waals surface area contributed by atoms with E-state index in [4.69, 9.17) is 9.15 Å². The summed E-state index contributed by atoms with van der Waals surface area (Å²) < 4.78 is 14.6. The number of hydrogen-bond acceptors (Lipinski definition) is 2. The lowest BCUT2D eigenvalue weighted by Crippen LogP contribution is -2.34. The smallest absolute Gasteiger partial charge is 0.257 e. The van der Waals surface area contributed by atoms with E-state index in [0.29, 0.717) is 5.92 Å². The van der Waals surface area contributed by atoms with Gasteiger partial charge in [-0.15, -0.1) is 0 Å².